The molecular formula is C13H20N2OS. The maximum atomic E-state index is 5.44. The van der Waals surface area contributed by atoms with Crippen LogP contribution in [0.1, 0.15) is 40.8 Å². The topological polar surface area (TPSA) is 34.1 Å². The van der Waals surface area contributed by atoms with Crippen LogP contribution in [0, 0.1) is 5.92 Å². The second-order valence-electron chi connectivity index (χ2n) is 5.15. The Morgan fingerprint density at radius 2 is 2.29 bits per heavy atom. The van der Waals surface area contributed by atoms with Gasteiger partial charge in [0.1, 0.15) is 0 Å². The Kier molecular flexibility index (Phi) is 3.45. The van der Waals surface area contributed by atoms with Crippen molar-refractivity contribution in [2.75, 3.05) is 20.3 Å². The lowest BCUT2D eigenvalue weighted by Crippen LogP contribution is -2.05. The molecule has 1 aromatic heterocycles. The number of nitrogens with zero attached hydrogens (tertiary/aromatic N) is 1. The number of hydrogen-bond donors (Lipinski definition) is 1. The highest BCUT2D eigenvalue weighted by Crippen LogP contribution is 2.43. The normalized spacial score (nSPS) is 24.4. The van der Waals surface area contributed by atoms with Gasteiger partial charge in [-0.1, -0.05) is 0 Å². The Balaban J connectivity index is 1.72. The lowest BCUT2D eigenvalue weighted by Gasteiger charge is -2.02. The molecule has 1 aliphatic heterocycles. The fourth-order valence-corrected chi connectivity index (χ4v) is 3.74. The van der Waals surface area contributed by atoms with Crippen molar-refractivity contribution in [3.05, 3.63) is 15.6 Å². The molecule has 0 amide bonds. The van der Waals surface area contributed by atoms with E-state index in [1.165, 1.54) is 34.8 Å². The fraction of sp³-hybridized carbons (Fsp3) is 0.769. The van der Waals surface area contributed by atoms with Gasteiger partial charge in [0.25, 0.3) is 0 Å². The van der Waals surface area contributed by atoms with Crippen LogP contribution >= 0.6 is 11.3 Å². The van der Waals surface area contributed by atoms with Gasteiger partial charge < -0.3 is 10.1 Å². The molecule has 2 heterocycles. The van der Waals surface area contributed by atoms with Crippen molar-refractivity contribution >= 4 is 11.3 Å². The predicted octanol–water partition coefficient (Wildman–Crippen LogP) is 2.32. The Bertz CT molecular complexity index is 381. The van der Waals surface area contributed by atoms with Crippen LogP contribution in [0.25, 0.3) is 0 Å². The molecule has 0 radical (unpaired) electrons. The van der Waals surface area contributed by atoms with Crippen molar-refractivity contribution in [3.63, 3.8) is 0 Å². The summed E-state index contributed by atoms with van der Waals surface area (Å²) in [5.41, 5.74) is 1.39. The lowest BCUT2D eigenvalue weighted by molar-refractivity contribution is 0.186. The number of rotatable bonds is 5. The first kappa shape index (κ1) is 11.6. The molecule has 3 rings (SSSR count). The molecule has 0 bridgehead atoms. The predicted molar refractivity (Wildman–Crippen MR) is 69.5 cm³/mol. The van der Waals surface area contributed by atoms with E-state index in [-0.39, 0.29) is 0 Å². The molecule has 1 aliphatic carbocycles. The number of nitrogens with one attached hydrogen (secondary N) is 1. The summed E-state index contributed by atoms with van der Waals surface area (Å²) in [6.45, 7) is 2.85. The Morgan fingerprint density at radius 1 is 1.41 bits per heavy atom. The molecule has 1 aromatic rings. The molecular weight excluding hydrogens is 232 g/mol. The summed E-state index contributed by atoms with van der Waals surface area (Å²) in [7, 11) is 2.01. The van der Waals surface area contributed by atoms with E-state index in [2.05, 4.69) is 5.32 Å². The van der Waals surface area contributed by atoms with Crippen LogP contribution in [0.5, 0.6) is 0 Å². The highest BCUT2D eigenvalue weighted by atomic mass is 32.1. The van der Waals surface area contributed by atoms with Crippen molar-refractivity contribution in [1.82, 2.24) is 10.3 Å². The molecule has 0 aromatic carbocycles. The van der Waals surface area contributed by atoms with E-state index in [4.69, 9.17) is 9.72 Å². The van der Waals surface area contributed by atoms with Crippen LogP contribution in [-0.4, -0.2) is 25.2 Å². The summed E-state index contributed by atoms with van der Waals surface area (Å²) in [5, 5.41) is 4.59. The molecule has 1 atom stereocenters. The van der Waals surface area contributed by atoms with Crippen LogP contribution in [0.2, 0.25) is 0 Å². The fourth-order valence-electron chi connectivity index (χ4n) is 2.46. The van der Waals surface area contributed by atoms with Gasteiger partial charge in [-0.05, 0) is 32.2 Å². The van der Waals surface area contributed by atoms with Crippen molar-refractivity contribution in [2.45, 2.75) is 38.1 Å². The van der Waals surface area contributed by atoms with Gasteiger partial charge in [-0.2, -0.15) is 0 Å². The molecule has 3 nitrogen and oxygen atoms in total. The first-order chi connectivity index (χ1) is 8.36. The zero-order chi connectivity index (χ0) is 11.7. The average molecular weight is 252 g/mol. The first-order valence-corrected chi connectivity index (χ1v) is 7.39. The van der Waals surface area contributed by atoms with Gasteiger partial charge in [0.15, 0.2) is 0 Å². The molecule has 1 N–H and O–H groups in total. The molecule has 2 fully saturated rings. The summed E-state index contributed by atoms with van der Waals surface area (Å²) in [6, 6.07) is 0. The standard InChI is InChI=1S/C13H20N2OS/c1-14-7-11-13(10-2-3-10)15-12(17-11)6-9-4-5-16-8-9/h9-10,14H,2-8H2,1H3. The molecule has 94 valence electrons. The molecule has 1 saturated carbocycles. The van der Waals surface area contributed by atoms with Crippen LogP contribution in [-0.2, 0) is 17.7 Å². The maximum absolute atomic E-state index is 5.44. The van der Waals surface area contributed by atoms with Crippen molar-refractivity contribution in [1.29, 1.82) is 0 Å². The van der Waals surface area contributed by atoms with Gasteiger partial charge in [-0.25, -0.2) is 4.98 Å². The summed E-state index contributed by atoms with van der Waals surface area (Å²) in [4.78, 5) is 6.34. The van der Waals surface area contributed by atoms with E-state index < -0.39 is 0 Å². The van der Waals surface area contributed by atoms with E-state index in [0.717, 1.165) is 32.1 Å². The Hall–Kier alpha value is -0.450. The molecule has 0 spiro atoms. The van der Waals surface area contributed by atoms with Crippen molar-refractivity contribution in [3.8, 4) is 0 Å². The van der Waals surface area contributed by atoms with Gasteiger partial charge in [0.2, 0.25) is 0 Å². The van der Waals surface area contributed by atoms with Gasteiger partial charge in [0, 0.05) is 37.0 Å². The average Bonchev–Trinajstić information content (AvgIpc) is 2.90. The first-order valence-electron chi connectivity index (χ1n) is 6.57. The molecule has 2 aliphatic rings. The minimum atomic E-state index is 0.704. The SMILES string of the molecule is CNCc1sc(CC2CCOC2)nc1C1CC1. The van der Waals surface area contributed by atoms with Gasteiger partial charge in [-0.3, -0.25) is 0 Å². The van der Waals surface area contributed by atoms with Crippen molar-refractivity contribution < 1.29 is 4.74 Å². The summed E-state index contributed by atoms with van der Waals surface area (Å²) in [6.07, 6.45) is 5.01. The zero-order valence-corrected chi connectivity index (χ0v) is 11.2. The van der Waals surface area contributed by atoms with Crippen LogP contribution in [0.4, 0.5) is 0 Å². The number of ether oxygens (including phenoxy) is 1. The van der Waals surface area contributed by atoms with E-state index in [1.807, 2.05) is 18.4 Å². The second-order valence-corrected chi connectivity index (χ2v) is 6.32. The van der Waals surface area contributed by atoms with E-state index >= 15 is 0 Å². The highest BCUT2D eigenvalue weighted by Gasteiger charge is 2.30. The minimum Gasteiger partial charge on any atom is -0.381 e. The Labute approximate surface area is 107 Å². The monoisotopic (exact) mass is 252 g/mol. The van der Waals surface area contributed by atoms with Gasteiger partial charge in [0.05, 0.1) is 10.7 Å². The third-order valence-corrected chi connectivity index (χ3v) is 4.65. The molecule has 1 unspecified atom stereocenters. The summed E-state index contributed by atoms with van der Waals surface area (Å²) < 4.78 is 5.44. The summed E-state index contributed by atoms with van der Waals surface area (Å²) >= 11 is 1.91. The van der Waals surface area contributed by atoms with Crippen LogP contribution in [0.3, 0.4) is 0 Å². The van der Waals surface area contributed by atoms with Crippen LogP contribution < -0.4 is 5.32 Å². The largest absolute Gasteiger partial charge is 0.381 e. The van der Waals surface area contributed by atoms with E-state index in [1.54, 1.807) is 0 Å². The zero-order valence-electron chi connectivity index (χ0n) is 10.4. The minimum absolute atomic E-state index is 0.704. The molecule has 17 heavy (non-hydrogen) atoms. The van der Waals surface area contributed by atoms with Crippen molar-refractivity contribution in [2.24, 2.45) is 5.92 Å². The van der Waals surface area contributed by atoms with Gasteiger partial charge in [-0.15, -0.1) is 11.3 Å². The third-order valence-electron chi connectivity index (χ3n) is 3.56. The smallest absolute Gasteiger partial charge is 0.0935 e. The number of hydrogen-bond acceptors (Lipinski definition) is 4. The third kappa shape index (κ3) is 2.69. The highest BCUT2D eigenvalue weighted by molar-refractivity contribution is 7.11. The van der Waals surface area contributed by atoms with Crippen LogP contribution in [0.15, 0.2) is 0 Å². The quantitative estimate of drug-likeness (QED) is 0.873. The van der Waals surface area contributed by atoms with Gasteiger partial charge >= 0.3 is 0 Å². The Morgan fingerprint density at radius 3 is 2.94 bits per heavy atom. The number of thiazole rings is 1. The lowest BCUT2D eigenvalue weighted by atomic mass is 10.1. The van der Waals surface area contributed by atoms with E-state index in [0.29, 0.717) is 5.92 Å². The molecule has 1 saturated heterocycles. The van der Waals surface area contributed by atoms with E-state index in [9.17, 15) is 0 Å². The number of aromatic nitrogens is 1. The maximum Gasteiger partial charge on any atom is 0.0935 e. The molecule has 4 heteroatoms. The second kappa shape index (κ2) is 5.04. The summed E-state index contributed by atoms with van der Waals surface area (Å²) in [5.74, 6) is 1.47.